The lowest BCUT2D eigenvalue weighted by molar-refractivity contribution is -0.116. The molecule has 26 heavy (non-hydrogen) atoms. The molecule has 1 aliphatic rings. The van der Waals surface area contributed by atoms with Crippen molar-refractivity contribution in [2.75, 3.05) is 51.2 Å². The number of carbonyl (C=O) groups is 1. The SMILES string of the molecule is CCN(CC)CCOC1CCN(CCC(=O)Nc2ccc(C#N)cc2)C1. The number of likely N-dealkylation sites (N-methyl/N-ethyl adjacent to an activating group) is 1. The van der Waals surface area contributed by atoms with E-state index in [1.54, 1.807) is 24.3 Å². The van der Waals surface area contributed by atoms with Gasteiger partial charge in [-0.15, -0.1) is 0 Å². The molecular weight excluding hydrogens is 328 g/mol. The maximum atomic E-state index is 12.1. The van der Waals surface area contributed by atoms with Gasteiger partial charge in [-0.05, 0) is 43.8 Å². The lowest BCUT2D eigenvalue weighted by atomic mass is 10.2. The number of hydrogen-bond donors (Lipinski definition) is 1. The number of hydrogen-bond acceptors (Lipinski definition) is 5. The van der Waals surface area contributed by atoms with E-state index in [1.165, 1.54) is 0 Å². The Hall–Kier alpha value is -1.94. The summed E-state index contributed by atoms with van der Waals surface area (Å²) in [6, 6.07) is 8.99. The summed E-state index contributed by atoms with van der Waals surface area (Å²) in [6.45, 7) is 10.9. The maximum absolute atomic E-state index is 12.1. The van der Waals surface area contributed by atoms with Crippen molar-refractivity contribution in [3.63, 3.8) is 0 Å². The molecule has 0 bridgehead atoms. The molecule has 142 valence electrons. The van der Waals surface area contributed by atoms with Gasteiger partial charge in [-0.1, -0.05) is 13.8 Å². The highest BCUT2D eigenvalue weighted by atomic mass is 16.5. The summed E-state index contributed by atoms with van der Waals surface area (Å²) in [4.78, 5) is 16.7. The first kappa shape index (κ1) is 20.4. The fourth-order valence-corrected chi connectivity index (χ4v) is 3.14. The van der Waals surface area contributed by atoms with Gasteiger partial charge in [0.2, 0.25) is 5.91 Å². The molecule has 1 heterocycles. The second-order valence-corrected chi connectivity index (χ2v) is 6.60. The summed E-state index contributed by atoms with van der Waals surface area (Å²) in [5.41, 5.74) is 1.32. The zero-order valence-corrected chi connectivity index (χ0v) is 15.9. The molecule has 2 rings (SSSR count). The molecule has 6 nitrogen and oxygen atoms in total. The minimum Gasteiger partial charge on any atom is -0.376 e. The predicted molar refractivity (Wildman–Crippen MR) is 103 cm³/mol. The molecular formula is C20H30N4O2. The van der Waals surface area contributed by atoms with Gasteiger partial charge in [-0.25, -0.2) is 0 Å². The van der Waals surface area contributed by atoms with Crippen LogP contribution < -0.4 is 5.32 Å². The van der Waals surface area contributed by atoms with E-state index in [-0.39, 0.29) is 12.0 Å². The van der Waals surface area contributed by atoms with E-state index in [2.05, 4.69) is 35.0 Å². The number of nitriles is 1. The molecule has 1 atom stereocenters. The molecule has 0 aliphatic carbocycles. The largest absolute Gasteiger partial charge is 0.376 e. The van der Waals surface area contributed by atoms with Crippen molar-refractivity contribution in [2.24, 2.45) is 0 Å². The topological polar surface area (TPSA) is 68.6 Å². The smallest absolute Gasteiger partial charge is 0.225 e. The number of nitrogens with zero attached hydrogens (tertiary/aromatic N) is 3. The van der Waals surface area contributed by atoms with Crippen LogP contribution >= 0.6 is 0 Å². The van der Waals surface area contributed by atoms with Crippen molar-refractivity contribution < 1.29 is 9.53 Å². The molecule has 1 amide bonds. The van der Waals surface area contributed by atoms with Gasteiger partial charge in [0.1, 0.15) is 0 Å². The van der Waals surface area contributed by atoms with Crippen LogP contribution in [0.4, 0.5) is 5.69 Å². The first-order chi connectivity index (χ1) is 12.6. The highest BCUT2D eigenvalue weighted by Crippen LogP contribution is 2.14. The Morgan fingerprint density at radius 3 is 2.73 bits per heavy atom. The van der Waals surface area contributed by atoms with Crippen molar-refractivity contribution in [1.82, 2.24) is 9.80 Å². The van der Waals surface area contributed by atoms with Gasteiger partial charge in [-0.3, -0.25) is 4.79 Å². The van der Waals surface area contributed by atoms with E-state index < -0.39 is 0 Å². The second kappa shape index (κ2) is 10.9. The number of anilines is 1. The van der Waals surface area contributed by atoms with Crippen LogP contribution in [0.2, 0.25) is 0 Å². The van der Waals surface area contributed by atoms with Crippen molar-refractivity contribution in [2.45, 2.75) is 32.8 Å². The van der Waals surface area contributed by atoms with Crippen LogP contribution in [0.3, 0.4) is 0 Å². The van der Waals surface area contributed by atoms with Crippen LogP contribution in [0.1, 0.15) is 32.3 Å². The normalized spacial score (nSPS) is 17.4. The van der Waals surface area contributed by atoms with Crippen molar-refractivity contribution in [3.05, 3.63) is 29.8 Å². The third kappa shape index (κ3) is 6.75. The summed E-state index contributed by atoms with van der Waals surface area (Å²) in [6.07, 6.45) is 1.79. The van der Waals surface area contributed by atoms with Gasteiger partial charge in [0, 0.05) is 38.3 Å². The number of nitrogens with one attached hydrogen (secondary N) is 1. The number of rotatable bonds is 10. The quantitative estimate of drug-likeness (QED) is 0.695. The first-order valence-electron chi connectivity index (χ1n) is 9.51. The van der Waals surface area contributed by atoms with E-state index in [0.29, 0.717) is 12.0 Å². The summed E-state index contributed by atoms with van der Waals surface area (Å²) in [5.74, 6) is 0.000564. The van der Waals surface area contributed by atoms with Crippen LogP contribution in [0.15, 0.2) is 24.3 Å². The summed E-state index contributed by atoms with van der Waals surface area (Å²) < 4.78 is 5.98. The number of carbonyl (C=O) groups excluding carboxylic acids is 1. The third-order valence-electron chi connectivity index (χ3n) is 4.84. The van der Waals surface area contributed by atoms with Crippen LogP contribution in [0.5, 0.6) is 0 Å². The minimum atomic E-state index is 0.000564. The van der Waals surface area contributed by atoms with E-state index in [0.717, 1.165) is 58.0 Å². The van der Waals surface area contributed by atoms with Gasteiger partial charge in [0.15, 0.2) is 0 Å². The number of likely N-dealkylation sites (tertiary alicyclic amines) is 1. The Morgan fingerprint density at radius 2 is 2.08 bits per heavy atom. The molecule has 1 N–H and O–H groups in total. The lowest BCUT2D eigenvalue weighted by Gasteiger charge is -2.20. The number of amides is 1. The summed E-state index contributed by atoms with van der Waals surface area (Å²) in [7, 11) is 0. The van der Waals surface area contributed by atoms with Crippen molar-refractivity contribution >= 4 is 11.6 Å². The third-order valence-corrected chi connectivity index (χ3v) is 4.84. The van der Waals surface area contributed by atoms with Crippen LogP contribution in [0, 0.1) is 11.3 Å². The molecule has 0 saturated carbocycles. The van der Waals surface area contributed by atoms with Gasteiger partial charge in [0.25, 0.3) is 0 Å². The summed E-state index contributed by atoms with van der Waals surface area (Å²) >= 11 is 0. The molecule has 0 spiro atoms. The van der Waals surface area contributed by atoms with E-state index >= 15 is 0 Å². The fraction of sp³-hybridized carbons (Fsp3) is 0.600. The Kier molecular flexibility index (Phi) is 8.56. The molecule has 1 unspecified atom stereocenters. The van der Waals surface area contributed by atoms with Gasteiger partial charge < -0.3 is 19.9 Å². The van der Waals surface area contributed by atoms with Gasteiger partial charge in [-0.2, -0.15) is 5.26 Å². The Morgan fingerprint density at radius 1 is 1.35 bits per heavy atom. The standard InChI is InChI=1S/C20H30N4O2/c1-3-23(4-2)13-14-26-19-9-11-24(16-19)12-10-20(25)22-18-7-5-17(15-21)6-8-18/h5-8,19H,3-4,9-14,16H2,1-2H3,(H,22,25). The molecule has 0 aromatic heterocycles. The molecule has 1 saturated heterocycles. The highest BCUT2D eigenvalue weighted by Gasteiger charge is 2.23. The number of benzene rings is 1. The van der Waals surface area contributed by atoms with Crippen molar-refractivity contribution in [1.29, 1.82) is 5.26 Å². The average Bonchev–Trinajstić information content (AvgIpc) is 3.12. The number of ether oxygens (including phenoxy) is 1. The maximum Gasteiger partial charge on any atom is 0.225 e. The Balaban J connectivity index is 1.62. The van der Waals surface area contributed by atoms with Crippen LogP contribution in [-0.4, -0.2) is 67.7 Å². The zero-order valence-electron chi connectivity index (χ0n) is 15.9. The Bertz CT molecular complexity index is 593. The average molecular weight is 358 g/mol. The van der Waals surface area contributed by atoms with E-state index in [4.69, 9.17) is 10.00 Å². The highest BCUT2D eigenvalue weighted by molar-refractivity contribution is 5.90. The van der Waals surface area contributed by atoms with Crippen LogP contribution in [-0.2, 0) is 9.53 Å². The van der Waals surface area contributed by atoms with E-state index in [9.17, 15) is 4.79 Å². The van der Waals surface area contributed by atoms with Crippen LogP contribution in [0.25, 0.3) is 0 Å². The van der Waals surface area contributed by atoms with Gasteiger partial charge >= 0.3 is 0 Å². The fourth-order valence-electron chi connectivity index (χ4n) is 3.14. The molecule has 6 heteroatoms. The minimum absolute atomic E-state index is 0.000564. The molecule has 1 aromatic rings. The molecule has 1 fully saturated rings. The Labute approximate surface area is 156 Å². The molecule has 0 radical (unpaired) electrons. The zero-order chi connectivity index (χ0) is 18.8. The van der Waals surface area contributed by atoms with E-state index in [1.807, 2.05) is 0 Å². The molecule has 1 aliphatic heterocycles. The monoisotopic (exact) mass is 358 g/mol. The lowest BCUT2D eigenvalue weighted by Crippen LogP contribution is -2.30. The first-order valence-corrected chi connectivity index (χ1v) is 9.51. The molecule has 1 aromatic carbocycles. The van der Waals surface area contributed by atoms with Crippen molar-refractivity contribution in [3.8, 4) is 6.07 Å². The summed E-state index contributed by atoms with van der Waals surface area (Å²) in [5, 5.41) is 11.7. The predicted octanol–water partition coefficient (Wildman–Crippen LogP) is 2.32. The second-order valence-electron chi connectivity index (χ2n) is 6.60. The van der Waals surface area contributed by atoms with Gasteiger partial charge in [0.05, 0.1) is 24.3 Å².